The summed E-state index contributed by atoms with van der Waals surface area (Å²) in [5.41, 5.74) is 3.10. The molecule has 2 aromatic rings. The molecule has 0 N–H and O–H groups in total. The van der Waals surface area contributed by atoms with Crippen LogP contribution in [0.15, 0.2) is 28.2 Å². The Morgan fingerprint density at radius 2 is 2.47 bits per heavy atom. The maximum Gasteiger partial charge on any atom is 0.174 e. The molecular formula is C9H6N4S2. The van der Waals surface area contributed by atoms with E-state index in [-0.39, 0.29) is 0 Å². The zero-order valence-corrected chi connectivity index (χ0v) is 9.25. The molecule has 0 saturated heterocycles. The van der Waals surface area contributed by atoms with Gasteiger partial charge in [0.1, 0.15) is 17.3 Å². The molecule has 0 amide bonds. The molecule has 0 unspecified atom stereocenters. The highest BCUT2D eigenvalue weighted by Crippen LogP contribution is 2.24. The van der Waals surface area contributed by atoms with E-state index >= 15 is 0 Å². The molecule has 0 saturated carbocycles. The summed E-state index contributed by atoms with van der Waals surface area (Å²) in [6, 6.07) is 5.80. The zero-order chi connectivity index (χ0) is 10.5. The second-order valence-electron chi connectivity index (χ2n) is 2.62. The van der Waals surface area contributed by atoms with Crippen LogP contribution < -0.4 is 0 Å². The minimum atomic E-state index is 0.481. The third-order valence-corrected chi connectivity index (χ3v) is 3.60. The second kappa shape index (κ2) is 4.87. The Labute approximate surface area is 95.0 Å². The molecule has 2 aromatic heterocycles. The van der Waals surface area contributed by atoms with E-state index in [1.165, 1.54) is 11.3 Å². The van der Waals surface area contributed by atoms with E-state index in [2.05, 4.69) is 21.3 Å². The van der Waals surface area contributed by atoms with Crippen molar-refractivity contribution in [2.24, 2.45) is 0 Å². The van der Waals surface area contributed by atoms with Gasteiger partial charge >= 0.3 is 0 Å². The normalized spacial score (nSPS) is 9.80. The number of pyridine rings is 1. The van der Waals surface area contributed by atoms with Crippen molar-refractivity contribution in [3.63, 3.8) is 0 Å². The van der Waals surface area contributed by atoms with Crippen LogP contribution in [0.5, 0.6) is 0 Å². The summed E-state index contributed by atoms with van der Waals surface area (Å²) in [4.78, 5) is 3.99. The molecule has 0 aliphatic carbocycles. The monoisotopic (exact) mass is 234 g/mol. The third-order valence-electron chi connectivity index (χ3n) is 1.69. The highest BCUT2D eigenvalue weighted by atomic mass is 32.2. The van der Waals surface area contributed by atoms with Gasteiger partial charge in [0.05, 0.1) is 0 Å². The quantitative estimate of drug-likeness (QED) is 0.761. The largest absolute Gasteiger partial charge is 0.245 e. The van der Waals surface area contributed by atoms with E-state index in [9.17, 15) is 0 Å². The Kier molecular flexibility index (Phi) is 3.27. The first-order chi connectivity index (χ1) is 7.40. The maximum atomic E-state index is 8.83. The number of aromatic nitrogens is 3. The lowest BCUT2D eigenvalue weighted by Crippen LogP contribution is -1.90. The van der Waals surface area contributed by atoms with Crippen LogP contribution >= 0.6 is 23.1 Å². The van der Waals surface area contributed by atoms with Crippen LogP contribution in [0, 0.1) is 11.3 Å². The standard InChI is InChI=1S/C9H6N4S2/c10-4-8-7(2-1-3-11-8)5-14-9-13-12-6-15-9/h1-3,6H,5H2. The molecule has 0 fully saturated rings. The molecule has 6 heteroatoms. The van der Waals surface area contributed by atoms with Crippen molar-refractivity contribution < 1.29 is 0 Å². The molecule has 2 rings (SSSR count). The molecule has 74 valence electrons. The Balaban J connectivity index is 2.08. The fourth-order valence-corrected chi connectivity index (χ4v) is 2.49. The average molecular weight is 234 g/mol. The Morgan fingerprint density at radius 1 is 1.53 bits per heavy atom. The first-order valence-electron chi connectivity index (χ1n) is 4.13. The number of nitrogens with zero attached hydrogens (tertiary/aromatic N) is 4. The van der Waals surface area contributed by atoms with E-state index in [0.717, 1.165) is 9.90 Å². The summed E-state index contributed by atoms with van der Waals surface area (Å²) < 4.78 is 0.905. The topological polar surface area (TPSA) is 62.5 Å². The predicted octanol–water partition coefficient (Wildman–Crippen LogP) is 2.10. The molecule has 0 spiro atoms. The van der Waals surface area contributed by atoms with Gasteiger partial charge in [-0.25, -0.2) is 4.98 Å². The van der Waals surface area contributed by atoms with Crippen LogP contribution in [0.25, 0.3) is 0 Å². The molecule has 0 aromatic carbocycles. The van der Waals surface area contributed by atoms with Crippen molar-refractivity contribution in [3.8, 4) is 6.07 Å². The highest BCUT2D eigenvalue weighted by molar-refractivity contribution is 8.00. The SMILES string of the molecule is N#Cc1ncccc1CSc1nncs1. The molecule has 0 atom stereocenters. The Bertz CT molecular complexity index is 475. The summed E-state index contributed by atoms with van der Waals surface area (Å²) in [6.45, 7) is 0. The fraction of sp³-hybridized carbons (Fsp3) is 0.111. The summed E-state index contributed by atoms with van der Waals surface area (Å²) in [7, 11) is 0. The highest BCUT2D eigenvalue weighted by Gasteiger charge is 2.04. The van der Waals surface area contributed by atoms with Crippen LogP contribution in [-0.4, -0.2) is 15.2 Å². The molecule has 2 heterocycles. The number of rotatable bonds is 3. The lowest BCUT2D eigenvalue weighted by Gasteiger charge is -1.99. The third kappa shape index (κ3) is 2.52. The predicted molar refractivity (Wildman–Crippen MR) is 58.4 cm³/mol. The number of hydrogen-bond donors (Lipinski definition) is 0. The van der Waals surface area contributed by atoms with E-state index in [1.54, 1.807) is 23.5 Å². The number of nitriles is 1. The van der Waals surface area contributed by atoms with E-state index in [1.807, 2.05) is 12.1 Å². The van der Waals surface area contributed by atoms with Gasteiger partial charge in [-0.2, -0.15) is 5.26 Å². The lowest BCUT2D eigenvalue weighted by molar-refractivity contribution is 1.01. The van der Waals surface area contributed by atoms with Crippen LogP contribution in [0.1, 0.15) is 11.3 Å². The minimum Gasteiger partial charge on any atom is -0.245 e. The second-order valence-corrected chi connectivity index (χ2v) is 4.67. The molecule has 4 nitrogen and oxygen atoms in total. The Hall–Kier alpha value is -1.45. The van der Waals surface area contributed by atoms with Gasteiger partial charge in [0, 0.05) is 11.9 Å². The first kappa shape index (κ1) is 10.1. The Morgan fingerprint density at radius 3 is 3.20 bits per heavy atom. The molecule has 15 heavy (non-hydrogen) atoms. The van der Waals surface area contributed by atoms with Crippen molar-refractivity contribution in [3.05, 3.63) is 35.1 Å². The zero-order valence-electron chi connectivity index (χ0n) is 7.62. The number of thioether (sulfide) groups is 1. The van der Waals surface area contributed by atoms with Crippen molar-refractivity contribution >= 4 is 23.1 Å². The van der Waals surface area contributed by atoms with Crippen molar-refractivity contribution in [1.82, 2.24) is 15.2 Å². The maximum absolute atomic E-state index is 8.83. The summed E-state index contributed by atoms with van der Waals surface area (Å²) >= 11 is 3.06. The molecular weight excluding hydrogens is 228 g/mol. The van der Waals surface area contributed by atoms with Crippen LogP contribution in [0.2, 0.25) is 0 Å². The molecule has 0 aliphatic heterocycles. The van der Waals surface area contributed by atoms with Gasteiger partial charge in [0.15, 0.2) is 4.34 Å². The van der Waals surface area contributed by atoms with Gasteiger partial charge in [0.25, 0.3) is 0 Å². The van der Waals surface area contributed by atoms with Crippen LogP contribution in [0.4, 0.5) is 0 Å². The average Bonchev–Trinajstić information content (AvgIpc) is 2.79. The lowest BCUT2D eigenvalue weighted by atomic mass is 10.2. The number of hydrogen-bond acceptors (Lipinski definition) is 6. The van der Waals surface area contributed by atoms with Gasteiger partial charge < -0.3 is 0 Å². The van der Waals surface area contributed by atoms with Crippen molar-refractivity contribution in [2.45, 2.75) is 10.1 Å². The molecule has 0 radical (unpaired) electrons. The van der Waals surface area contributed by atoms with Gasteiger partial charge in [-0.3, -0.25) is 0 Å². The van der Waals surface area contributed by atoms with Crippen molar-refractivity contribution in [1.29, 1.82) is 5.26 Å². The summed E-state index contributed by atoms with van der Waals surface area (Å²) in [5, 5.41) is 16.5. The summed E-state index contributed by atoms with van der Waals surface area (Å²) in [5.74, 6) is 0.700. The van der Waals surface area contributed by atoms with Crippen LogP contribution in [-0.2, 0) is 5.75 Å². The fourth-order valence-electron chi connectivity index (χ4n) is 1.02. The van der Waals surface area contributed by atoms with E-state index < -0.39 is 0 Å². The van der Waals surface area contributed by atoms with Gasteiger partial charge in [-0.15, -0.1) is 10.2 Å². The van der Waals surface area contributed by atoms with Gasteiger partial charge in [0.2, 0.25) is 0 Å². The molecule has 0 bridgehead atoms. The van der Waals surface area contributed by atoms with Crippen LogP contribution in [0.3, 0.4) is 0 Å². The minimum absolute atomic E-state index is 0.481. The summed E-state index contributed by atoms with van der Waals surface area (Å²) in [6.07, 6.45) is 1.62. The van der Waals surface area contributed by atoms with Gasteiger partial charge in [-0.1, -0.05) is 29.2 Å². The van der Waals surface area contributed by atoms with Gasteiger partial charge in [-0.05, 0) is 11.6 Å². The molecule has 0 aliphatic rings. The van der Waals surface area contributed by atoms with Crippen molar-refractivity contribution in [2.75, 3.05) is 0 Å². The smallest absolute Gasteiger partial charge is 0.174 e. The van der Waals surface area contributed by atoms with E-state index in [0.29, 0.717) is 11.4 Å². The first-order valence-corrected chi connectivity index (χ1v) is 5.99. The van der Waals surface area contributed by atoms with E-state index in [4.69, 9.17) is 5.26 Å².